The summed E-state index contributed by atoms with van der Waals surface area (Å²) in [6, 6.07) is 6.28. The van der Waals surface area contributed by atoms with Crippen LogP contribution in [0.15, 0.2) is 23.6 Å². The molecule has 1 saturated heterocycles. The number of aryl methyl sites for hydroxylation is 1. The SMILES string of the molecule is O=C(O)c1csc([C@H]2CC[C@@H]3[C@@H](COc4cccc5c4CCC5)[C@H](O)C[C@@H]3O2)n1. The molecular weight excluding hydrogens is 390 g/mol. The van der Waals surface area contributed by atoms with Gasteiger partial charge < -0.3 is 19.7 Å². The average Bonchev–Trinajstić information content (AvgIpc) is 3.44. The largest absolute Gasteiger partial charge is 0.493 e. The summed E-state index contributed by atoms with van der Waals surface area (Å²) < 4.78 is 12.5. The number of aromatic nitrogens is 1. The molecule has 29 heavy (non-hydrogen) atoms. The van der Waals surface area contributed by atoms with Gasteiger partial charge in [-0.15, -0.1) is 11.3 Å². The van der Waals surface area contributed by atoms with E-state index < -0.39 is 12.1 Å². The van der Waals surface area contributed by atoms with Gasteiger partial charge in [0.1, 0.15) is 16.9 Å². The Balaban J connectivity index is 1.24. The summed E-state index contributed by atoms with van der Waals surface area (Å²) in [7, 11) is 0. The third-order valence-corrected chi connectivity index (χ3v) is 7.58. The molecule has 7 heteroatoms. The second-order valence-corrected chi connectivity index (χ2v) is 9.20. The zero-order valence-electron chi connectivity index (χ0n) is 16.1. The lowest BCUT2D eigenvalue weighted by atomic mass is 9.87. The number of hydrogen-bond donors (Lipinski definition) is 2. The number of thiazole rings is 1. The molecule has 2 N–H and O–H groups in total. The molecule has 5 rings (SSSR count). The standard InChI is InChI=1S/C22H25NO5S/c24-17-9-20-14(7-8-19(28-20)21-23-16(11-29-21)22(25)26)15(17)10-27-18-6-2-4-12-3-1-5-13(12)18/h2,4,6,11,14-15,17,19-20,24H,1,3,5,7-10H2,(H,25,26)/t14-,15-,17-,19-,20+/m1/s1. The molecule has 2 heterocycles. The summed E-state index contributed by atoms with van der Waals surface area (Å²) in [5.41, 5.74) is 2.79. The molecular formula is C22H25NO5S. The van der Waals surface area contributed by atoms with Gasteiger partial charge in [-0.1, -0.05) is 12.1 Å². The summed E-state index contributed by atoms with van der Waals surface area (Å²) in [6.45, 7) is 0.507. The highest BCUT2D eigenvalue weighted by atomic mass is 32.1. The van der Waals surface area contributed by atoms with Crippen molar-refractivity contribution in [1.82, 2.24) is 4.98 Å². The Bertz CT molecular complexity index is 912. The summed E-state index contributed by atoms with van der Waals surface area (Å²) in [5.74, 6) is 0.275. The number of carbonyl (C=O) groups is 1. The van der Waals surface area contributed by atoms with Crippen molar-refractivity contribution in [2.24, 2.45) is 11.8 Å². The number of ether oxygens (including phenoxy) is 2. The van der Waals surface area contributed by atoms with Gasteiger partial charge in [-0.05, 0) is 55.2 Å². The number of carboxylic acid groups (broad SMARTS) is 1. The van der Waals surface area contributed by atoms with Crippen LogP contribution in [0.3, 0.4) is 0 Å². The van der Waals surface area contributed by atoms with Crippen LogP contribution in [0.5, 0.6) is 5.75 Å². The fraction of sp³-hybridized carbons (Fsp3) is 0.545. The van der Waals surface area contributed by atoms with Crippen LogP contribution in [-0.4, -0.2) is 40.0 Å². The number of aliphatic hydroxyl groups excluding tert-OH is 1. The number of aromatic carboxylic acids is 1. The summed E-state index contributed by atoms with van der Waals surface area (Å²) in [6.07, 6.45) is 5.04. The molecule has 0 bridgehead atoms. The molecule has 0 spiro atoms. The second-order valence-electron chi connectivity index (χ2n) is 8.31. The van der Waals surface area contributed by atoms with Gasteiger partial charge in [0, 0.05) is 17.7 Å². The van der Waals surface area contributed by atoms with Crippen molar-refractivity contribution in [3.63, 3.8) is 0 Å². The fourth-order valence-corrected chi connectivity index (χ4v) is 6.05. The number of aliphatic hydroxyl groups is 1. The van der Waals surface area contributed by atoms with E-state index in [1.807, 2.05) is 6.07 Å². The highest BCUT2D eigenvalue weighted by Crippen LogP contribution is 2.46. The maximum Gasteiger partial charge on any atom is 0.355 e. The first-order valence-electron chi connectivity index (χ1n) is 10.4. The Labute approximate surface area is 173 Å². The molecule has 0 amide bonds. The highest BCUT2D eigenvalue weighted by Gasteiger charge is 2.47. The summed E-state index contributed by atoms with van der Waals surface area (Å²) in [5, 5.41) is 22.0. The van der Waals surface area contributed by atoms with Crippen LogP contribution >= 0.6 is 11.3 Å². The molecule has 2 aromatic rings. The number of rotatable bonds is 5. The Morgan fingerprint density at radius 1 is 1.31 bits per heavy atom. The monoisotopic (exact) mass is 415 g/mol. The second kappa shape index (κ2) is 7.70. The first kappa shape index (κ1) is 19.0. The predicted octanol–water partition coefficient (Wildman–Crippen LogP) is 3.63. The van der Waals surface area contributed by atoms with E-state index in [2.05, 4.69) is 17.1 Å². The smallest absolute Gasteiger partial charge is 0.355 e. The van der Waals surface area contributed by atoms with E-state index >= 15 is 0 Å². The van der Waals surface area contributed by atoms with Crippen molar-refractivity contribution in [2.75, 3.05) is 6.61 Å². The van der Waals surface area contributed by atoms with E-state index in [0.717, 1.165) is 36.4 Å². The predicted molar refractivity (Wildman–Crippen MR) is 107 cm³/mol. The first-order valence-corrected chi connectivity index (χ1v) is 11.2. The Morgan fingerprint density at radius 3 is 3.03 bits per heavy atom. The van der Waals surface area contributed by atoms with Gasteiger partial charge in [0.15, 0.2) is 5.69 Å². The molecule has 154 valence electrons. The first-order chi connectivity index (χ1) is 14.1. The molecule has 1 aromatic carbocycles. The van der Waals surface area contributed by atoms with Gasteiger partial charge >= 0.3 is 5.97 Å². The van der Waals surface area contributed by atoms with Crippen LogP contribution < -0.4 is 4.74 Å². The van der Waals surface area contributed by atoms with Crippen LogP contribution in [0.4, 0.5) is 0 Å². The van der Waals surface area contributed by atoms with E-state index in [9.17, 15) is 9.90 Å². The Hall–Kier alpha value is -1.96. The van der Waals surface area contributed by atoms with Crippen LogP contribution in [-0.2, 0) is 17.6 Å². The van der Waals surface area contributed by atoms with Crippen molar-refractivity contribution >= 4 is 17.3 Å². The van der Waals surface area contributed by atoms with E-state index in [1.54, 1.807) is 5.38 Å². The number of carboxylic acids is 1. The zero-order chi connectivity index (χ0) is 20.0. The van der Waals surface area contributed by atoms with Crippen LogP contribution in [0, 0.1) is 11.8 Å². The minimum Gasteiger partial charge on any atom is -0.493 e. The number of nitrogens with zero attached hydrogens (tertiary/aromatic N) is 1. The number of fused-ring (bicyclic) bond motifs is 2. The minimum atomic E-state index is -1.01. The van der Waals surface area contributed by atoms with E-state index in [1.165, 1.54) is 28.9 Å². The van der Waals surface area contributed by atoms with Gasteiger partial charge in [-0.3, -0.25) is 0 Å². The Morgan fingerprint density at radius 2 is 2.21 bits per heavy atom. The van der Waals surface area contributed by atoms with Crippen LogP contribution in [0.25, 0.3) is 0 Å². The lowest BCUT2D eigenvalue weighted by Gasteiger charge is -2.34. The maximum atomic E-state index is 11.1. The molecule has 2 fully saturated rings. The molecule has 0 unspecified atom stereocenters. The van der Waals surface area contributed by atoms with Gasteiger partial charge in [0.05, 0.1) is 18.8 Å². The fourth-order valence-electron chi connectivity index (χ4n) is 5.18. The van der Waals surface area contributed by atoms with Crippen molar-refractivity contribution in [3.05, 3.63) is 45.4 Å². The van der Waals surface area contributed by atoms with Crippen molar-refractivity contribution in [2.45, 2.75) is 56.8 Å². The lowest BCUT2D eigenvalue weighted by Crippen LogP contribution is -2.33. The number of benzene rings is 1. The average molecular weight is 416 g/mol. The summed E-state index contributed by atoms with van der Waals surface area (Å²) in [4.78, 5) is 15.3. The maximum absolute atomic E-state index is 11.1. The van der Waals surface area contributed by atoms with E-state index in [4.69, 9.17) is 14.6 Å². The topological polar surface area (TPSA) is 88.9 Å². The molecule has 3 aliphatic rings. The normalized spacial score (nSPS) is 30.7. The zero-order valence-corrected chi connectivity index (χ0v) is 16.9. The van der Waals surface area contributed by atoms with Crippen LogP contribution in [0.1, 0.15) is 58.4 Å². The third-order valence-electron chi connectivity index (χ3n) is 6.65. The van der Waals surface area contributed by atoms with Crippen LogP contribution in [0.2, 0.25) is 0 Å². The third kappa shape index (κ3) is 3.56. The summed E-state index contributed by atoms with van der Waals surface area (Å²) >= 11 is 1.33. The molecule has 6 nitrogen and oxygen atoms in total. The molecule has 1 saturated carbocycles. The van der Waals surface area contributed by atoms with E-state index in [-0.39, 0.29) is 29.7 Å². The van der Waals surface area contributed by atoms with Gasteiger partial charge in [0.25, 0.3) is 0 Å². The molecule has 1 aliphatic heterocycles. The Kier molecular flexibility index (Phi) is 5.05. The van der Waals surface area contributed by atoms with Gasteiger partial charge in [-0.2, -0.15) is 0 Å². The van der Waals surface area contributed by atoms with Gasteiger partial charge in [0.2, 0.25) is 0 Å². The van der Waals surface area contributed by atoms with Crippen molar-refractivity contribution in [3.8, 4) is 5.75 Å². The molecule has 5 atom stereocenters. The molecule has 2 aliphatic carbocycles. The molecule has 0 radical (unpaired) electrons. The van der Waals surface area contributed by atoms with Crippen molar-refractivity contribution in [1.29, 1.82) is 0 Å². The highest BCUT2D eigenvalue weighted by molar-refractivity contribution is 7.09. The quantitative estimate of drug-likeness (QED) is 0.775. The lowest BCUT2D eigenvalue weighted by molar-refractivity contribution is -0.0812. The van der Waals surface area contributed by atoms with Crippen molar-refractivity contribution < 1.29 is 24.5 Å². The van der Waals surface area contributed by atoms with Gasteiger partial charge in [-0.25, -0.2) is 9.78 Å². The molecule has 1 aromatic heterocycles. The van der Waals surface area contributed by atoms with E-state index in [0.29, 0.717) is 13.0 Å². The number of hydrogen-bond acceptors (Lipinski definition) is 6. The minimum absolute atomic E-state index is 0.0315.